The van der Waals surface area contributed by atoms with E-state index in [9.17, 15) is 13.2 Å². The van der Waals surface area contributed by atoms with Crippen molar-refractivity contribution in [2.24, 2.45) is 0 Å². The number of hydrogen-bond acceptors (Lipinski definition) is 5. The molecule has 1 amide bonds. The molecule has 0 N–H and O–H groups in total. The summed E-state index contributed by atoms with van der Waals surface area (Å²) in [7, 11) is -2.57. The van der Waals surface area contributed by atoms with Gasteiger partial charge >= 0.3 is 0 Å². The minimum Gasteiger partial charge on any atom is -0.497 e. The van der Waals surface area contributed by atoms with Crippen LogP contribution in [0.2, 0.25) is 0 Å². The van der Waals surface area contributed by atoms with Gasteiger partial charge in [-0.3, -0.25) is 4.79 Å². The maximum atomic E-state index is 13.4. The molecule has 0 radical (unpaired) electrons. The average Bonchev–Trinajstić information content (AvgIpc) is 2.75. The van der Waals surface area contributed by atoms with E-state index in [4.69, 9.17) is 9.47 Å². The third-order valence-corrected chi connectivity index (χ3v) is 6.26. The lowest BCUT2D eigenvalue weighted by Crippen LogP contribution is -2.40. The summed E-state index contributed by atoms with van der Waals surface area (Å²) in [6.07, 6.45) is 0. The van der Waals surface area contributed by atoms with Crippen LogP contribution in [0.25, 0.3) is 0 Å². The highest BCUT2D eigenvalue weighted by molar-refractivity contribution is 7.93. The molecule has 0 fully saturated rings. The third kappa shape index (κ3) is 4.63. The molecular formula is C23H23NO5S. The Balaban J connectivity index is 1.96. The lowest BCUT2D eigenvalue weighted by Gasteiger charge is -2.24. The number of methoxy groups -OCH3 is 1. The maximum absolute atomic E-state index is 13.4. The van der Waals surface area contributed by atoms with Crippen LogP contribution in [0, 0.1) is 13.8 Å². The minimum atomic E-state index is -4.12. The zero-order chi connectivity index (χ0) is 21.7. The first-order valence-electron chi connectivity index (χ1n) is 9.30. The molecule has 0 atom stereocenters. The zero-order valence-corrected chi connectivity index (χ0v) is 17.8. The van der Waals surface area contributed by atoms with Gasteiger partial charge in [0.25, 0.3) is 15.9 Å². The molecule has 0 saturated carbocycles. The molecule has 0 saturated heterocycles. The first-order valence-corrected chi connectivity index (χ1v) is 10.7. The van der Waals surface area contributed by atoms with Crippen molar-refractivity contribution in [3.8, 4) is 11.5 Å². The highest BCUT2D eigenvalue weighted by Gasteiger charge is 2.32. The first kappa shape index (κ1) is 21.4. The largest absolute Gasteiger partial charge is 0.497 e. The normalized spacial score (nSPS) is 11.0. The van der Waals surface area contributed by atoms with Gasteiger partial charge in [-0.15, -0.1) is 0 Å². The maximum Gasteiger partial charge on any atom is 0.278 e. The van der Waals surface area contributed by atoms with Crippen LogP contribution in [0.3, 0.4) is 0 Å². The molecule has 3 aromatic carbocycles. The summed E-state index contributed by atoms with van der Waals surface area (Å²) < 4.78 is 38.2. The van der Waals surface area contributed by atoms with Crippen molar-refractivity contribution in [3.63, 3.8) is 0 Å². The summed E-state index contributed by atoms with van der Waals surface area (Å²) in [5.41, 5.74) is 1.81. The highest BCUT2D eigenvalue weighted by atomic mass is 32.2. The van der Waals surface area contributed by atoms with Crippen molar-refractivity contribution in [2.75, 3.05) is 18.0 Å². The lowest BCUT2D eigenvalue weighted by atomic mass is 10.1. The fraction of sp³-hybridized carbons (Fsp3) is 0.174. The fourth-order valence-electron chi connectivity index (χ4n) is 2.91. The molecule has 156 valence electrons. The van der Waals surface area contributed by atoms with Crippen molar-refractivity contribution in [1.29, 1.82) is 0 Å². The summed E-state index contributed by atoms with van der Waals surface area (Å²) >= 11 is 0. The second-order valence-electron chi connectivity index (χ2n) is 6.73. The first-order chi connectivity index (χ1) is 14.3. The van der Waals surface area contributed by atoms with E-state index in [0.717, 1.165) is 9.87 Å². The summed E-state index contributed by atoms with van der Waals surface area (Å²) in [4.78, 5) is 13.2. The lowest BCUT2D eigenvalue weighted by molar-refractivity contribution is -0.119. The summed E-state index contributed by atoms with van der Waals surface area (Å²) in [6, 6.07) is 19.9. The summed E-state index contributed by atoms with van der Waals surface area (Å²) in [5.74, 6) is 0.392. The number of amides is 1. The Bertz CT molecular complexity index is 1130. The SMILES string of the molecule is COc1ccc(OCC(=O)N(c2cc(C)ccc2C)S(=O)(=O)c2ccccc2)cc1. The van der Waals surface area contributed by atoms with Crippen molar-refractivity contribution < 1.29 is 22.7 Å². The second kappa shape index (κ2) is 9.00. The molecule has 0 unspecified atom stereocenters. The molecule has 7 heteroatoms. The van der Waals surface area contributed by atoms with Gasteiger partial charge in [-0.25, -0.2) is 8.42 Å². The van der Waals surface area contributed by atoms with Crippen molar-refractivity contribution in [1.82, 2.24) is 0 Å². The summed E-state index contributed by atoms with van der Waals surface area (Å²) in [6.45, 7) is 3.17. The molecule has 0 aromatic heterocycles. The van der Waals surface area contributed by atoms with Gasteiger partial charge in [-0.1, -0.05) is 30.3 Å². The van der Waals surface area contributed by atoms with Gasteiger partial charge in [0.1, 0.15) is 11.5 Å². The molecule has 30 heavy (non-hydrogen) atoms. The molecular weight excluding hydrogens is 402 g/mol. The van der Waals surface area contributed by atoms with Crippen LogP contribution in [0.5, 0.6) is 11.5 Å². The van der Waals surface area contributed by atoms with Gasteiger partial charge in [0.2, 0.25) is 0 Å². The van der Waals surface area contributed by atoms with E-state index in [1.807, 2.05) is 13.0 Å². The Morgan fingerprint density at radius 3 is 2.17 bits per heavy atom. The Kier molecular flexibility index (Phi) is 6.42. The van der Waals surface area contributed by atoms with Crippen molar-refractivity contribution in [3.05, 3.63) is 83.9 Å². The number of carbonyl (C=O) groups excluding carboxylic acids is 1. The molecule has 0 heterocycles. The number of carbonyl (C=O) groups is 1. The zero-order valence-electron chi connectivity index (χ0n) is 17.0. The Morgan fingerprint density at radius 1 is 0.900 bits per heavy atom. The van der Waals surface area contributed by atoms with Crippen LogP contribution >= 0.6 is 0 Å². The third-order valence-electron chi connectivity index (χ3n) is 4.51. The van der Waals surface area contributed by atoms with E-state index in [1.54, 1.807) is 68.6 Å². The fourth-order valence-corrected chi connectivity index (χ4v) is 4.40. The quantitative estimate of drug-likeness (QED) is 0.570. The predicted octanol–water partition coefficient (Wildman–Crippen LogP) is 4.11. The molecule has 3 aromatic rings. The van der Waals surface area contributed by atoms with Gasteiger partial charge in [-0.2, -0.15) is 4.31 Å². The van der Waals surface area contributed by atoms with E-state index >= 15 is 0 Å². The van der Waals surface area contributed by atoms with Crippen molar-refractivity contribution in [2.45, 2.75) is 18.7 Å². The number of anilines is 1. The van der Waals surface area contributed by atoms with Crippen LogP contribution in [0.1, 0.15) is 11.1 Å². The molecule has 0 spiro atoms. The molecule has 3 rings (SSSR count). The van der Waals surface area contributed by atoms with E-state index < -0.39 is 22.5 Å². The van der Waals surface area contributed by atoms with Crippen LogP contribution < -0.4 is 13.8 Å². The number of ether oxygens (including phenoxy) is 2. The van der Waals surface area contributed by atoms with E-state index in [1.165, 1.54) is 12.1 Å². The Hall–Kier alpha value is -3.32. The van der Waals surface area contributed by atoms with Crippen LogP contribution in [0.15, 0.2) is 77.7 Å². The predicted molar refractivity (Wildman–Crippen MR) is 116 cm³/mol. The number of benzene rings is 3. The molecule has 0 bridgehead atoms. The highest BCUT2D eigenvalue weighted by Crippen LogP contribution is 2.28. The van der Waals surface area contributed by atoms with E-state index in [-0.39, 0.29) is 4.90 Å². The number of hydrogen-bond donors (Lipinski definition) is 0. The van der Waals surface area contributed by atoms with E-state index in [2.05, 4.69) is 0 Å². The van der Waals surface area contributed by atoms with E-state index in [0.29, 0.717) is 22.7 Å². The van der Waals surface area contributed by atoms with Gasteiger partial charge in [0.05, 0.1) is 17.7 Å². The molecule has 0 aliphatic heterocycles. The number of nitrogens with zero attached hydrogens (tertiary/aromatic N) is 1. The monoisotopic (exact) mass is 425 g/mol. The summed E-state index contributed by atoms with van der Waals surface area (Å²) in [5, 5.41) is 0. The molecule has 0 aliphatic carbocycles. The standard InChI is InChI=1S/C23H23NO5S/c1-17-9-10-18(2)22(15-17)24(30(26,27)21-7-5-4-6-8-21)23(25)16-29-20-13-11-19(28-3)12-14-20/h4-15H,16H2,1-3H3. The average molecular weight is 426 g/mol. The number of sulfonamides is 1. The van der Waals surface area contributed by atoms with Gasteiger partial charge < -0.3 is 9.47 Å². The van der Waals surface area contributed by atoms with Gasteiger partial charge in [0, 0.05) is 0 Å². The topological polar surface area (TPSA) is 72.9 Å². The van der Waals surface area contributed by atoms with Crippen LogP contribution in [-0.4, -0.2) is 28.0 Å². The number of aryl methyl sites for hydroxylation is 2. The number of rotatable bonds is 7. The second-order valence-corrected chi connectivity index (χ2v) is 8.52. The van der Waals surface area contributed by atoms with Gasteiger partial charge in [0.15, 0.2) is 6.61 Å². The molecule has 0 aliphatic rings. The molecule has 6 nitrogen and oxygen atoms in total. The smallest absolute Gasteiger partial charge is 0.278 e. The minimum absolute atomic E-state index is 0.0312. The Morgan fingerprint density at radius 2 is 1.53 bits per heavy atom. The van der Waals surface area contributed by atoms with Crippen molar-refractivity contribution >= 4 is 21.6 Å². The Labute approximate surface area is 176 Å². The van der Waals surface area contributed by atoms with Crippen LogP contribution in [0.4, 0.5) is 5.69 Å². The van der Waals surface area contributed by atoms with Crippen LogP contribution in [-0.2, 0) is 14.8 Å². The van der Waals surface area contributed by atoms with Gasteiger partial charge in [-0.05, 0) is 67.4 Å².